The average Bonchev–Trinajstić information content (AvgIpc) is 2.42. The van der Waals surface area contributed by atoms with Crippen LogP contribution >= 0.6 is 0 Å². The third-order valence-corrected chi connectivity index (χ3v) is 3.03. The monoisotopic (exact) mass is 295 g/mol. The third-order valence-electron chi connectivity index (χ3n) is 3.03. The first-order chi connectivity index (χ1) is 9.79. The zero-order valence-corrected chi connectivity index (χ0v) is 12.5. The van der Waals surface area contributed by atoms with Crippen LogP contribution in [0.2, 0.25) is 0 Å². The molecule has 21 heavy (non-hydrogen) atoms. The maximum Gasteiger partial charge on any atom is 0.333 e. The first-order valence-electron chi connectivity index (χ1n) is 6.73. The normalized spacial score (nSPS) is 11.0. The topological polar surface area (TPSA) is 107 Å². The SMILES string of the molecule is CCCOc1cccc(NCC(C)(C)C(N)=O)c1[N+](=O)[O-]. The van der Waals surface area contributed by atoms with E-state index in [4.69, 9.17) is 10.5 Å². The van der Waals surface area contributed by atoms with E-state index in [1.807, 2.05) is 6.92 Å². The molecule has 0 unspecified atom stereocenters. The van der Waals surface area contributed by atoms with E-state index in [2.05, 4.69) is 5.32 Å². The number of primary amides is 1. The highest BCUT2D eigenvalue weighted by molar-refractivity contribution is 5.81. The molecule has 0 atom stereocenters. The molecule has 0 aliphatic rings. The number of amides is 1. The number of hydrogen-bond donors (Lipinski definition) is 2. The lowest BCUT2D eigenvalue weighted by Gasteiger charge is -2.21. The van der Waals surface area contributed by atoms with Crippen molar-refractivity contribution >= 4 is 17.3 Å². The predicted molar refractivity (Wildman–Crippen MR) is 80.3 cm³/mol. The summed E-state index contributed by atoms with van der Waals surface area (Å²) < 4.78 is 5.39. The number of nitrogens with two attached hydrogens (primary N) is 1. The minimum absolute atomic E-state index is 0.133. The number of anilines is 1. The number of nitrogens with zero attached hydrogens (tertiary/aromatic N) is 1. The lowest BCUT2D eigenvalue weighted by Crippen LogP contribution is -2.37. The molecule has 0 fully saturated rings. The van der Waals surface area contributed by atoms with Gasteiger partial charge >= 0.3 is 5.69 Å². The van der Waals surface area contributed by atoms with Crippen LogP contribution in [0, 0.1) is 15.5 Å². The molecule has 0 heterocycles. The molecule has 0 aliphatic carbocycles. The van der Waals surface area contributed by atoms with E-state index < -0.39 is 16.2 Å². The van der Waals surface area contributed by atoms with E-state index in [0.29, 0.717) is 12.3 Å². The molecule has 3 N–H and O–H groups in total. The highest BCUT2D eigenvalue weighted by Crippen LogP contribution is 2.35. The first kappa shape index (κ1) is 16.7. The van der Waals surface area contributed by atoms with E-state index in [1.165, 1.54) is 0 Å². The van der Waals surface area contributed by atoms with Crippen molar-refractivity contribution in [2.45, 2.75) is 27.2 Å². The maximum atomic E-state index is 11.3. The Morgan fingerprint density at radius 2 is 2.14 bits per heavy atom. The quantitative estimate of drug-likeness (QED) is 0.565. The number of nitro groups is 1. The Kier molecular flexibility index (Phi) is 5.52. The van der Waals surface area contributed by atoms with Crippen molar-refractivity contribution in [1.82, 2.24) is 0 Å². The van der Waals surface area contributed by atoms with E-state index in [9.17, 15) is 14.9 Å². The number of nitrogens with one attached hydrogen (secondary N) is 1. The Bertz CT molecular complexity index is 529. The van der Waals surface area contributed by atoms with Gasteiger partial charge in [0.15, 0.2) is 5.75 Å². The van der Waals surface area contributed by atoms with Crippen LogP contribution in [0.5, 0.6) is 5.75 Å². The second-order valence-corrected chi connectivity index (χ2v) is 5.36. The molecule has 0 bridgehead atoms. The summed E-state index contributed by atoms with van der Waals surface area (Å²) >= 11 is 0. The van der Waals surface area contributed by atoms with Crippen LogP contribution in [0.4, 0.5) is 11.4 Å². The van der Waals surface area contributed by atoms with Crippen molar-refractivity contribution in [2.24, 2.45) is 11.1 Å². The number of benzene rings is 1. The minimum Gasteiger partial charge on any atom is -0.487 e. The highest BCUT2D eigenvalue weighted by Gasteiger charge is 2.27. The van der Waals surface area contributed by atoms with Crippen LogP contribution < -0.4 is 15.8 Å². The van der Waals surface area contributed by atoms with Gasteiger partial charge in [0.1, 0.15) is 5.69 Å². The van der Waals surface area contributed by atoms with Crippen LogP contribution in [0.1, 0.15) is 27.2 Å². The van der Waals surface area contributed by atoms with Crippen LogP contribution in [-0.2, 0) is 4.79 Å². The largest absolute Gasteiger partial charge is 0.487 e. The molecule has 1 rings (SSSR count). The van der Waals surface area contributed by atoms with Crippen LogP contribution in [-0.4, -0.2) is 24.0 Å². The Labute approximate surface area is 123 Å². The summed E-state index contributed by atoms with van der Waals surface area (Å²) in [6.07, 6.45) is 0.753. The Morgan fingerprint density at radius 1 is 1.48 bits per heavy atom. The van der Waals surface area contributed by atoms with Crippen molar-refractivity contribution in [3.8, 4) is 5.75 Å². The van der Waals surface area contributed by atoms with Gasteiger partial charge in [-0.1, -0.05) is 13.0 Å². The number of carbonyl (C=O) groups excluding carboxylic acids is 1. The number of para-hydroxylation sites is 1. The number of nitro benzene ring substituents is 1. The summed E-state index contributed by atoms with van der Waals surface area (Å²) in [5.74, 6) is -0.264. The standard InChI is InChI=1S/C14H21N3O4/c1-4-8-21-11-7-5-6-10(12(11)17(19)20)16-9-14(2,3)13(15)18/h5-7,16H,4,8-9H2,1-3H3,(H2,15,18). The number of rotatable bonds is 8. The maximum absolute atomic E-state index is 11.3. The predicted octanol–water partition coefficient (Wildman–Crippen LogP) is 2.31. The van der Waals surface area contributed by atoms with Gasteiger partial charge in [0, 0.05) is 6.54 Å². The van der Waals surface area contributed by atoms with Gasteiger partial charge in [-0.3, -0.25) is 14.9 Å². The Hall–Kier alpha value is -2.31. The van der Waals surface area contributed by atoms with Crippen LogP contribution in [0.25, 0.3) is 0 Å². The van der Waals surface area contributed by atoms with Gasteiger partial charge in [-0.25, -0.2) is 0 Å². The molecular formula is C14H21N3O4. The van der Waals surface area contributed by atoms with Crippen molar-refractivity contribution in [3.05, 3.63) is 28.3 Å². The fourth-order valence-corrected chi connectivity index (χ4v) is 1.59. The molecule has 1 aromatic carbocycles. The van der Waals surface area contributed by atoms with Crippen LogP contribution in [0.15, 0.2) is 18.2 Å². The molecule has 1 amide bonds. The third kappa shape index (κ3) is 4.34. The van der Waals surface area contributed by atoms with Gasteiger partial charge < -0.3 is 15.8 Å². The summed E-state index contributed by atoms with van der Waals surface area (Å²) in [6.45, 7) is 5.86. The van der Waals surface area contributed by atoms with Gasteiger partial charge in [-0.2, -0.15) is 0 Å². The molecule has 1 aromatic rings. The van der Waals surface area contributed by atoms with Crippen molar-refractivity contribution in [3.63, 3.8) is 0 Å². The second-order valence-electron chi connectivity index (χ2n) is 5.36. The minimum atomic E-state index is -0.811. The fourth-order valence-electron chi connectivity index (χ4n) is 1.59. The molecule has 7 heteroatoms. The Morgan fingerprint density at radius 3 is 2.67 bits per heavy atom. The lowest BCUT2D eigenvalue weighted by molar-refractivity contribution is -0.385. The van der Waals surface area contributed by atoms with E-state index in [1.54, 1.807) is 32.0 Å². The summed E-state index contributed by atoms with van der Waals surface area (Å²) in [5, 5.41) is 14.2. The van der Waals surface area contributed by atoms with E-state index >= 15 is 0 Å². The fraction of sp³-hybridized carbons (Fsp3) is 0.500. The average molecular weight is 295 g/mol. The van der Waals surface area contributed by atoms with E-state index in [0.717, 1.165) is 6.42 Å². The van der Waals surface area contributed by atoms with Gasteiger partial charge in [0.25, 0.3) is 0 Å². The van der Waals surface area contributed by atoms with Gasteiger partial charge in [0.2, 0.25) is 5.91 Å². The molecule has 0 saturated heterocycles. The smallest absolute Gasteiger partial charge is 0.333 e. The summed E-state index contributed by atoms with van der Waals surface area (Å²) in [4.78, 5) is 22.1. The first-order valence-corrected chi connectivity index (χ1v) is 6.73. The second kappa shape index (κ2) is 6.92. The highest BCUT2D eigenvalue weighted by atomic mass is 16.6. The van der Waals surface area contributed by atoms with Crippen LogP contribution in [0.3, 0.4) is 0 Å². The summed E-state index contributed by atoms with van der Waals surface area (Å²) in [6, 6.07) is 4.80. The molecule has 0 aromatic heterocycles. The number of hydrogen-bond acceptors (Lipinski definition) is 5. The summed E-state index contributed by atoms with van der Waals surface area (Å²) in [7, 11) is 0. The molecule has 116 valence electrons. The van der Waals surface area contributed by atoms with Gasteiger partial charge in [-0.15, -0.1) is 0 Å². The van der Waals surface area contributed by atoms with Gasteiger partial charge in [-0.05, 0) is 32.4 Å². The Balaban J connectivity index is 3.01. The molecule has 0 spiro atoms. The lowest BCUT2D eigenvalue weighted by atomic mass is 9.92. The molecule has 7 nitrogen and oxygen atoms in total. The zero-order chi connectivity index (χ0) is 16.0. The molecule has 0 radical (unpaired) electrons. The molecule has 0 saturated carbocycles. The molecule has 0 aliphatic heterocycles. The molecular weight excluding hydrogens is 274 g/mol. The van der Waals surface area contributed by atoms with Crippen molar-refractivity contribution < 1.29 is 14.5 Å². The van der Waals surface area contributed by atoms with Crippen molar-refractivity contribution in [1.29, 1.82) is 0 Å². The summed E-state index contributed by atoms with van der Waals surface area (Å²) in [5.41, 5.74) is 4.65. The number of carbonyl (C=O) groups is 1. The number of ether oxygens (including phenoxy) is 1. The van der Waals surface area contributed by atoms with E-state index in [-0.39, 0.29) is 18.0 Å². The zero-order valence-electron chi connectivity index (χ0n) is 12.5. The van der Waals surface area contributed by atoms with Gasteiger partial charge in [0.05, 0.1) is 16.9 Å². The van der Waals surface area contributed by atoms with Crippen molar-refractivity contribution in [2.75, 3.05) is 18.5 Å².